The first kappa shape index (κ1) is 16.7. The molecule has 1 aliphatic rings. The Kier molecular flexibility index (Phi) is 5.71. The molecule has 0 aliphatic carbocycles. The first-order chi connectivity index (χ1) is 10.5. The van der Waals surface area contributed by atoms with Gasteiger partial charge in [-0.15, -0.1) is 0 Å². The van der Waals surface area contributed by atoms with Crippen LogP contribution in [0.4, 0.5) is 0 Å². The molecule has 1 saturated heterocycles. The minimum atomic E-state index is 0.0976. The zero-order valence-electron chi connectivity index (χ0n) is 13.1. The van der Waals surface area contributed by atoms with Gasteiger partial charge in [0.2, 0.25) is 5.91 Å². The van der Waals surface area contributed by atoms with Gasteiger partial charge >= 0.3 is 0 Å². The van der Waals surface area contributed by atoms with E-state index >= 15 is 0 Å². The van der Waals surface area contributed by atoms with Gasteiger partial charge in [0.25, 0.3) is 0 Å². The minimum Gasteiger partial charge on any atom is -0.497 e. The first-order valence-corrected chi connectivity index (χ1v) is 8.14. The molecule has 1 aromatic rings. The van der Waals surface area contributed by atoms with Crippen molar-refractivity contribution in [1.82, 2.24) is 4.90 Å². The molecular formula is C16H21NO4S. The Morgan fingerprint density at radius 1 is 1.36 bits per heavy atom. The van der Waals surface area contributed by atoms with Crippen molar-refractivity contribution in [2.45, 2.75) is 19.9 Å². The third-order valence-corrected chi connectivity index (χ3v) is 4.71. The molecule has 1 amide bonds. The average Bonchev–Trinajstić information content (AvgIpc) is 2.85. The molecule has 5 nitrogen and oxygen atoms in total. The number of carbonyl (C=O) groups excluding carboxylic acids is 2. The molecule has 120 valence electrons. The van der Waals surface area contributed by atoms with Crippen molar-refractivity contribution in [2.24, 2.45) is 5.92 Å². The van der Waals surface area contributed by atoms with Crippen LogP contribution in [0.25, 0.3) is 0 Å². The number of benzene rings is 1. The molecular weight excluding hydrogens is 302 g/mol. The maximum absolute atomic E-state index is 12.1. The zero-order chi connectivity index (χ0) is 16.1. The van der Waals surface area contributed by atoms with Gasteiger partial charge in [-0.25, -0.2) is 0 Å². The fourth-order valence-electron chi connectivity index (χ4n) is 2.56. The molecule has 2 rings (SSSR count). The molecule has 1 fully saturated rings. The van der Waals surface area contributed by atoms with Crippen LogP contribution < -0.4 is 9.47 Å². The number of hydrogen-bond acceptors (Lipinski definition) is 5. The van der Waals surface area contributed by atoms with E-state index in [1.54, 1.807) is 21.1 Å². The lowest BCUT2D eigenvalue weighted by atomic mass is 10.1. The van der Waals surface area contributed by atoms with E-state index in [-0.39, 0.29) is 16.9 Å². The molecule has 0 aromatic heterocycles. The smallest absolute Gasteiger partial charge is 0.223 e. The van der Waals surface area contributed by atoms with Gasteiger partial charge in [-0.3, -0.25) is 9.59 Å². The van der Waals surface area contributed by atoms with Crippen molar-refractivity contribution >= 4 is 22.8 Å². The van der Waals surface area contributed by atoms with Crippen LogP contribution in [0.2, 0.25) is 0 Å². The van der Waals surface area contributed by atoms with Crippen LogP contribution in [0.1, 0.15) is 18.9 Å². The Morgan fingerprint density at radius 3 is 2.77 bits per heavy atom. The van der Waals surface area contributed by atoms with Crippen molar-refractivity contribution in [1.29, 1.82) is 0 Å². The predicted molar refractivity (Wildman–Crippen MR) is 86.2 cm³/mol. The Balaban J connectivity index is 2.04. The lowest BCUT2D eigenvalue weighted by molar-refractivity contribution is -0.128. The monoisotopic (exact) mass is 323 g/mol. The fourth-order valence-corrected chi connectivity index (χ4v) is 3.26. The van der Waals surface area contributed by atoms with E-state index in [2.05, 4.69) is 0 Å². The van der Waals surface area contributed by atoms with Crippen LogP contribution >= 0.6 is 11.8 Å². The van der Waals surface area contributed by atoms with Crippen LogP contribution in [-0.4, -0.2) is 42.4 Å². The van der Waals surface area contributed by atoms with Crippen molar-refractivity contribution in [2.75, 3.05) is 26.5 Å². The lowest BCUT2D eigenvalue weighted by Crippen LogP contribution is -2.25. The van der Waals surface area contributed by atoms with E-state index in [1.165, 1.54) is 11.8 Å². The topological polar surface area (TPSA) is 55.8 Å². The number of rotatable bonds is 6. The van der Waals surface area contributed by atoms with Gasteiger partial charge in [-0.05, 0) is 24.1 Å². The van der Waals surface area contributed by atoms with Gasteiger partial charge in [0.05, 0.1) is 14.2 Å². The molecule has 1 aliphatic heterocycles. The second kappa shape index (κ2) is 7.54. The molecule has 0 saturated carbocycles. The highest BCUT2D eigenvalue weighted by atomic mass is 32.2. The molecule has 0 radical (unpaired) electrons. The Bertz CT molecular complexity index is 561. The maximum Gasteiger partial charge on any atom is 0.223 e. The van der Waals surface area contributed by atoms with Crippen LogP contribution in [-0.2, 0) is 16.1 Å². The molecule has 1 unspecified atom stereocenters. The number of hydrogen-bond donors (Lipinski definition) is 0. The molecule has 1 atom stereocenters. The van der Waals surface area contributed by atoms with Crippen LogP contribution in [0.3, 0.4) is 0 Å². The minimum absolute atomic E-state index is 0.0976. The Labute approximate surface area is 135 Å². The summed E-state index contributed by atoms with van der Waals surface area (Å²) in [5, 5.41) is 0.0976. The first-order valence-electron chi connectivity index (χ1n) is 7.15. The number of carbonyl (C=O) groups is 2. The van der Waals surface area contributed by atoms with Crippen LogP contribution in [0.5, 0.6) is 11.5 Å². The summed E-state index contributed by atoms with van der Waals surface area (Å²) in [6.45, 7) is 2.74. The summed E-state index contributed by atoms with van der Waals surface area (Å²) < 4.78 is 10.6. The van der Waals surface area contributed by atoms with E-state index in [0.29, 0.717) is 25.3 Å². The number of ether oxygens (including phenoxy) is 2. The summed E-state index contributed by atoms with van der Waals surface area (Å²) in [4.78, 5) is 25.0. The van der Waals surface area contributed by atoms with Gasteiger partial charge in [-0.1, -0.05) is 11.8 Å². The van der Waals surface area contributed by atoms with Gasteiger partial charge in [0.15, 0.2) is 5.12 Å². The molecule has 1 aromatic carbocycles. The number of likely N-dealkylation sites (tertiary alicyclic amines) is 1. The van der Waals surface area contributed by atoms with Crippen molar-refractivity contribution in [3.63, 3.8) is 0 Å². The quantitative estimate of drug-likeness (QED) is 0.804. The Hall–Kier alpha value is -1.69. The predicted octanol–water partition coefficient (Wildman–Crippen LogP) is 2.33. The Morgan fingerprint density at radius 2 is 2.14 bits per heavy atom. The standard InChI is InChI=1S/C16H21NO4S/c1-11(18)22-10-12-6-16(19)17(8-12)9-13-7-14(20-2)4-5-15(13)21-3/h4-5,7,12H,6,8-10H2,1-3H3. The summed E-state index contributed by atoms with van der Waals surface area (Å²) in [6.07, 6.45) is 0.507. The second-order valence-electron chi connectivity index (χ2n) is 5.32. The lowest BCUT2D eigenvalue weighted by Gasteiger charge is -2.19. The van der Waals surface area contributed by atoms with E-state index < -0.39 is 0 Å². The van der Waals surface area contributed by atoms with E-state index in [9.17, 15) is 9.59 Å². The summed E-state index contributed by atoms with van der Waals surface area (Å²) in [6, 6.07) is 5.57. The highest BCUT2D eigenvalue weighted by Crippen LogP contribution is 2.29. The van der Waals surface area contributed by atoms with E-state index in [4.69, 9.17) is 9.47 Å². The molecule has 6 heteroatoms. The molecule has 0 bridgehead atoms. The molecule has 0 N–H and O–H groups in total. The fraction of sp³-hybridized carbons (Fsp3) is 0.500. The average molecular weight is 323 g/mol. The van der Waals surface area contributed by atoms with Gasteiger partial charge in [-0.2, -0.15) is 0 Å². The third kappa shape index (κ3) is 4.16. The molecule has 1 heterocycles. The second-order valence-corrected chi connectivity index (χ2v) is 6.52. The maximum atomic E-state index is 12.1. The van der Waals surface area contributed by atoms with Gasteiger partial charge < -0.3 is 14.4 Å². The SMILES string of the molecule is COc1ccc(OC)c(CN2CC(CSC(C)=O)CC2=O)c1. The van der Waals surface area contributed by atoms with Gasteiger partial charge in [0, 0.05) is 37.8 Å². The van der Waals surface area contributed by atoms with Crippen molar-refractivity contribution < 1.29 is 19.1 Å². The van der Waals surface area contributed by atoms with Crippen LogP contribution in [0, 0.1) is 5.92 Å². The third-order valence-electron chi connectivity index (χ3n) is 3.67. The molecule has 0 spiro atoms. The van der Waals surface area contributed by atoms with Crippen molar-refractivity contribution in [3.8, 4) is 11.5 Å². The van der Waals surface area contributed by atoms with E-state index in [0.717, 1.165) is 17.1 Å². The number of thioether (sulfide) groups is 1. The summed E-state index contributed by atoms with van der Waals surface area (Å²) >= 11 is 1.29. The highest BCUT2D eigenvalue weighted by Gasteiger charge is 2.30. The van der Waals surface area contributed by atoms with Crippen LogP contribution in [0.15, 0.2) is 18.2 Å². The normalized spacial score (nSPS) is 17.7. The van der Waals surface area contributed by atoms with Gasteiger partial charge in [0.1, 0.15) is 11.5 Å². The largest absolute Gasteiger partial charge is 0.497 e. The number of nitrogens with zero attached hydrogens (tertiary/aromatic N) is 1. The summed E-state index contributed by atoms with van der Waals surface area (Å²) in [5.41, 5.74) is 0.926. The molecule has 22 heavy (non-hydrogen) atoms. The van der Waals surface area contributed by atoms with Crippen molar-refractivity contribution in [3.05, 3.63) is 23.8 Å². The zero-order valence-corrected chi connectivity index (χ0v) is 13.9. The highest BCUT2D eigenvalue weighted by molar-refractivity contribution is 8.13. The summed E-state index contributed by atoms with van der Waals surface area (Å²) in [5.74, 6) is 2.55. The number of amides is 1. The summed E-state index contributed by atoms with van der Waals surface area (Å²) in [7, 11) is 3.23. The number of methoxy groups -OCH3 is 2. The van der Waals surface area contributed by atoms with E-state index in [1.807, 2.05) is 23.1 Å².